The maximum Gasteiger partial charge on any atom is 0.265 e. The molecular weight excluding hydrogens is 468 g/mol. The Balaban J connectivity index is 1.56. The first-order valence-corrected chi connectivity index (χ1v) is 13.3. The van der Waals surface area contributed by atoms with Gasteiger partial charge in [0.25, 0.3) is 11.5 Å². The van der Waals surface area contributed by atoms with Crippen molar-refractivity contribution in [3.63, 3.8) is 0 Å². The minimum atomic E-state index is -0.272. The van der Waals surface area contributed by atoms with E-state index in [4.69, 9.17) is 14.5 Å². The molecule has 2 aromatic heterocycles. The van der Waals surface area contributed by atoms with Crippen LogP contribution in [0.25, 0.3) is 22.2 Å². The van der Waals surface area contributed by atoms with Gasteiger partial charge in [-0.15, -0.1) is 0 Å². The molecule has 0 unspecified atom stereocenters. The number of ether oxygens (including phenoxy) is 2. The molecule has 8 heteroatoms. The summed E-state index contributed by atoms with van der Waals surface area (Å²) in [6, 6.07) is 9.98. The average Bonchev–Trinajstić information content (AvgIpc) is 2.94. The molecule has 37 heavy (non-hydrogen) atoms. The van der Waals surface area contributed by atoms with Crippen LogP contribution in [0, 0.1) is 6.92 Å². The predicted molar refractivity (Wildman–Crippen MR) is 144 cm³/mol. The molecule has 196 valence electrons. The van der Waals surface area contributed by atoms with Gasteiger partial charge in [0.15, 0.2) is 0 Å². The summed E-state index contributed by atoms with van der Waals surface area (Å²) in [4.78, 5) is 34.3. The van der Waals surface area contributed by atoms with Crippen LogP contribution < -0.4 is 15.6 Å². The number of hydrogen-bond donors (Lipinski definition) is 1. The summed E-state index contributed by atoms with van der Waals surface area (Å²) in [6.45, 7) is 6.10. The summed E-state index contributed by atoms with van der Waals surface area (Å²) in [6.07, 6.45) is 7.16. The van der Waals surface area contributed by atoms with Crippen LogP contribution in [-0.4, -0.2) is 66.4 Å². The van der Waals surface area contributed by atoms with E-state index in [1.54, 1.807) is 17.9 Å². The van der Waals surface area contributed by atoms with E-state index in [1.165, 1.54) is 6.42 Å². The number of rotatable bonds is 7. The SMILES string of the molecule is COc1ccc(-c2cnc3c(c2)c(C)c(C(=O)NC2CCCCC2)c(=O)n3CCN2CCOCC2)cc1. The molecule has 1 aromatic carbocycles. The Morgan fingerprint density at radius 1 is 1.08 bits per heavy atom. The van der Waals surface area contributed by atoms with E-state index in [0.29, 0.717) is 37.5 Å². The van der Waals surface area contributed by atoms with Gasteiger partial charge in [-0.2, -0.15) is 0 Å². The molecule has 1 N–H and O–H groups in total. The van der Waals surface area contributed by atoms with E-state index in [1.807, 2.05) is 37.3 Å². The van der Waals surface area contributed by atoms with E-state index in [-0.39, 0.29) is 23.1 Å². The Labute approximate surface area is 217 Å². The number of nitrogens with one attached hydrogen (secondary N) is 1. The van der Waals surface area contributed by atoms with Gasteiger partial charge in [0.05, 0.1) is 20.3 Å². The topological polar surface area (TPSA) is 85.7 Å². The van der Waals surface area contributed by atoms with E-state index in [0.717, 1.165) is 61.0 Å². The van der Waals surface area contributed by atoms with Gasteiger partial charge in [0.1, 0.15) is 17.0 Å². The molecule has 1 aliphatic carbocycles. The number of pyridine rings is 2. The highest BCUT2D eigenvalue weighted by molar-refractivity contribution is 6.00. The third-order valence-electron chi connectivity index (χ3n) is 7.69. The highest BCUT2D eigenvalue weighted by Crippen LogP contribution is 2.27. The monoisotopic (exact) mass is 504 g/mol. The first kappa shape index (κ1) is 25.4. The fourth-order valence-electron chi connectivity index (χ4n) is 5.46. The van der Waals surface area contributed by atoms with E-state index < -0.39 is 0 Å². The number of aromatic nitrogens is 2. The lowest BCUT2D eigenvalue weighted by Gasteiger charge is -2.27. The number of aryl methyl sites for hydroxylation is 1. The number of methoxy groups -OCH3 is 1. The van der Waals surface area contributed by atoms with Crippen LogP contribution in [0.5, 0.6) is 5.75 Å². The fraction of sp³-hybridized carbons (Fsp3) is 0.483. The van der Waals surface area contributed by atoms with Crippen molar-refractivity contribution in [3.8, 4) is 16.9 Å². The molecule has 1 amide bonds. The quantitative estimate of drug-likeness (QED) is 0.527. The second kappa shape index (κ2) is 11.4. The number of hydrogen-bond acceptors (Lipinski definition) is 6. The molecule has 0 bridgehead atoms. The number of carbonyl (C=O) groups is 1. The maximum absolute atomic E-state index is 13.8. The Bertz CT molecular complexity index is 1310. The van der Waals surface area contributed by atoms with Crippen molar-refractivity contribution < 1.29 is 14.3 Å². The average molecular weight is 505 g/mol. The van der Waals surface area contributed by atoms with Crippen molar-refractivity contribution in [3.05, 3.63) is 58.0 Å². The molecule has 3 aromatic rings. The molecule has 0 radical (unpaired) electrons. The Morgan fingerprint density at radius 2 is 1.81 bits per heavy atom. The van der Waals surface area contributed by atoms with Gasteiger partial charge in [0.2, 0.25) is 0 Å². The number of carbonyl (C=O) groups excluding carboxylic acids is 1. The minimum Gasteiger partial charge on any atom is -0.497 e. The summed E-state index contributed by atoms with van der Waals surface area (Å²) >= 11 is 0. The lowest BCUT2D eigenvalue weighted by atomic mass is 9.95. The van der Waals surface area contributed by atoms with E-state index in [9.17, 15) is 9.59 Å². The zero-order valence-electron chi connectivity index (χ0n) is 21.8. The van der Waals surface area contributed by atoms with Crippen LogP contribution in [0.3, 0.4) is 0 Å². The summed E-state index contributed by atoms with van der Waals surface area (Å²) in [5.41, 5.74) is 3.18. The first-order valence-electron chi connectivity index (χ1n) is 13.3. The summed E-state index contributed by atoms with van der Waals surface area (Å²) in [5, 5.41) is 3.98. The largest absolute Gasteiger partial charge is 0.497 e. The van der Waals surface area contributed by atoms with Crippen molar-refractivity contribution in [1.29, 1.82) is 0 Å². The van der Waals surface area contributed by atoms with Gasteiger partial charge in [-0.1, -0.05) is 31.4 Å². The molecule has 1 saturated heterocycles. The maximum atomic E-state index is 13.8. The Morgan fingerprint density at radius 3 is 2.51 bits per heavy atom. The molecule has 2 fully saturated rings. The molecular formula is C29H36N4O4. The van der Waals surface area contributed by atoms with Crippen molar-refractivity contribution in [2.45, 2.75) is 51.6 Å². The smallest absolute Gasteiger partial charge is 0.265 e. The molecule has 0 spiro atoms. The van der Waals surface area contributed by atoms with Crippen LogP contribution in [0.4, 0.5) is 0 Å². The predicted octanol–water partition coefficient (Wildman–Crippen LogP) is 3.78. The summed E-state index contributed by atoms with van der Waals surface area (Å²) < 4.78 is 12.5. The highest BCUT2D eigenvalue weighted by Gasteiger charge is 2.24. The standard InChI is InChI=1S/C29H36N4O4/c1-20-25-18-22(21-8-10-24(36-2)11-9-21)19-30-27(25)33(13-12-32-14-16-37-17-15-32)29(35)26(20)28(34)31-23-6-4-3-5-7-23/h8-11,18-19,23H,3-7,12-17H2,1-2H3,(H,31,34). The zero-order valence-corrected chi connectivity index (χ0v) is 21.8. The number of morpholine rings is 1. The zero-order chi connectivity index (χ0) is 25.8. The number of fused-ring (bicyclic) bond motifs is 1. The molecule has 5 rings (SSSR count). The summed E-state index contributed by atoms with van der Waals surface area (Å²) in [5.74, 6) is 0.513. The number of benzene rings is 1. The normalized spacial score (nSPS) is 17.1. The van der Waals surface area contributed by atoms with Crippen LogP contribution in [0.2, 0.25) is 0 Å². The van der Waals surface area contributed by atoms with Gasteiger partial charge >= 0.3 is 0 Å². The molecule has 1 aliphatic heterocycles. The molecule has 8 nitrogen and oxygen atoms in total. The van der Waals surface area contributed by atoms with Gasteiger partial charge in [-0.3, -0.25) is 19.1 Å². The Kier molecular flexibility index (Phi) is 7.86. The second-order valence-corrected chi connectivity index (χ2v) is 10.0. The minimum absolute atomic E-state index is 0.126. The van der Waals surface area contributed by atoms with Gasteiger partial charge in [-0.05, 0) is 49.1 Å². The van der Waals surface area contributed by atoms with E-state index >= 15 is 0 Å². The molecule has 0 atom stereocenters. The highest BCUT2D eigenvalue weighted by atomic mass is 16.5. The third-order valence-corrected chi connectivity index (χ3v) is 7.69. The van der Waals surface area contributed by atoms with Crippen molar-refractivity contribution in [2.75, 3.05) is 40.0 Å². The van der Waals surface area contributed by atoms with E-state index in [2.05, 4.69) is 10.2 Å². The lowest BCUT2D eigenvalue weighted by molar-refractivity contribution is 0.0364. The summed E-state index contributed by atoms with van der Waals surface area (Å²) in [7, 11) is 1.64. The van der Waals surface area contributed by atoms with Gasteiger partial charge in [0, 0.05) is 49.4 Å². The molecule has 1 saturated carbocycles. The van der Waals surface area contributed by atoms with Crippen LogP contribution in [-0.2, 0) is 11.3 Å². The fourth-order valence-corrected chi connectivity index (χ4v) is 5.46. The van der Waals surface area contributed by atoms with Crippen molar-refractivity contribution in [2.24, 2.45) is 0 Å². The number of amides is 1. The van der Waals surface area contributed by atoms with Crippen molar-refractivity contribution >= 4 is 16.9 Å². The van der Waals surface area contributed by atoms with Crippen LogP contribution in [0.15, 0.2) is 41.3 Å². The third kappa shape index (κ3) is 5.55. The van der Waals surface area contributed by atoms with Crippen LogP contribution >= 0.6 is 0 Å². The van der Waals surface area contributed by atoms with Gasteiger partial charge in [-0.25, -0.2) is 4.98 Å². The molecule has 2 aliphatic rings. The Hall–Kier alpha value is -3.23. The van der Waals surface area contributed by atoms with Crippen LogP contribution in [0.1, 0.15) is 48.0 Å². The number of nitrogens with zero attached hydrogens (tertiary/aromatic N) is 3. The van der Waals surface area contributed by atoms with Crippen molar-refractivity contribution in [1.82, 2.24) is 19.8 Å². The van der Waals surface area contributed by atoms with Gasteiger partial charge < -0.3 is 14.8 Å². The molecule has 3 heterocycles. The second-order valence-electron chi connectivity index (χ2n) is 10.0. The first-order chi connectivity index (χ1) is 18.0. The lowest BCUT2D eigenvalue weighted by Crippen LogP contribution is -2.42.